The van der Waals surface area contributed by atoms with Crippen molar-refractivity contribution in [2.24, 2.45) is 5.92 Å². The third-order valence-corrected chi connectivity index (χ3v) is 8.48. The van der Waals surface area contributed by atoms with E-state index in [9.17, 15) is 9.59 Å². The van der Waals surface area contributed by atoms with Crippen LogP contribution in [0.3, 0.4) is 0 Å². The summed E-state index contributed by atoms with van der Waals surface area (Å²) in [5.41, 5.74) is 6.02. The molecule has 1 N–H and O–H groups in total. The Bertz CT molecular complexity index is 1370. The monoisotopic (exact) mass is 556 g/mol. The highest BCUT2D eigenvalue weighted by Crippen LogP contribution is 2.40. The van der Waals surface area contributed by atoms with Gasteiger partial charge in [0.05, 0.1) is 30.6 Å². The molecular weight excluding hydrogens is 516 g/mol. The molecule has 1 aliphatic heterocycles. The second-order valence-corrected chi connectivity index (χ2v) is 11.0. The van der Waals surface area contributed by atoms with Crippen molar-refractivity contribution in [1.82, 2.24) is 20.0 Å². The molecule has 8 heteroatoms. The van der Waals surface area contributed by atoms with Gasteiger partial charge in [0.2, 0.25) is 5.91 Å². The van der Waals surface area contributed by atoms with Gasteiger partial charge >= 0.3 is 6.09 Å². The molecule has 2 aliphatic rings. The maximum Gasteiger partial charge on any atom is 0.409 e. The third-order valence-electron chi connectivity index (χ3n) is 8.48. The number of hydrogen-bond donors (Lipinski definition) is 1. The van der Waals surface area contributed by atoms with Gasteiger partial charge in [-0.15, -0.1) is 0 Å². The fourth-order valence-electron chi connectivity index (χ4n) is 6.31. The highest BCUT2D eigenvalue weighted by Gasteiger charge is 2.36. The second-order valence-electron chi connectivity index (χ2n) is 11.0. The van der Waals surface area contributed by atoms with Crippen molar-refractivity contribution in [2.45, 2.75) is 51.0 Å². The van der Waals surface area contributed by atoms with E-state index in [0.29, 0.717) is 25.4 Å². The minimum absolute atomic E-state index is 0.00421. The Balaban J connectivity index is 1.39. The lowest BCUT2D eigenvalue weighted by atomic mass is 9.93. The molecule has 2 heterocycles. The predicted molar refractivity (Wildman–Crippen MR) is 159 cm³/mol. The third kappa shape index (κ3) is 6.54. The molecule has 1 saturated carbocycles. The average Bonchev–Trinajstić information content (AvgIpc) is 3.56. The van der Waals surface area contributed by atoms with Gasteiger partial charge in [0.1, 0.15) is 0 Å². The van der Waals surface area contributed by atoms with Crippen molar-refractivity contribution in [3.63, 3.8) is 0 Å². The number of carbonyl (C=O) groups excluding carboxylic acids is 2. The Hall–Kier alpha value is -3.91. The molecule has 3 aromatic rings. The number of carbonyl (C=O) groups is 2. The normalized spacial score (nSPS) is 20.5. The first kappa shape index (κ1) is 28.6. The lowest BCUT2D eigenvalue weighted by molar-refractivity contribution is -0.121. The number of aromatic nitrogens is 2. The number of rotatable bonds is 9. The molecule has 1 fully saturated rings. The van der Waals surface area contributed by atoms with E-state index in [-0.39, 0.29) is 30.4 Å². The van der Waals surface area contributed by atoms with Crippen LogP contribution in [0.15, 0.2) is 66.7 Å². The van der Waals surface area contributed by atoms with Crippen molar-refractivity contribution >= 4 is 17.6 Å². The highest BCUT2D eigenvalue weighted by molar-refractivity contribution is 5.80. The van der Waals surface area contributed by atoms with Gasteiger partial charge in [-0.05, 0) is 67.4 Å². The Morgan fingerprint density at radius 3 is 2.41 bits per heavy atom. The van der Waals surface area contributed by atoms with Crippen LogP contribution >= 0.6 is 0 Å². The predicted octanol–water partition coefficient (Wildman–Crippen LogP) is 5.29. The largest absolute Gasteiger partial charge is 0.453 e. The SMILES string of the molecule is COCC[C@@H]1C[C@@H](NC(=O)Cc2c(C)c(C3=CCN(C(=O)OC)CC3)nn2-c2ccccc2)[C@H](c2ccccc2)C1. The minimum Gasteiger partial charge on any atom is -0.453 e. The topological polar surface area (TPSA) is 85.7 Å². The van der Waals surface area contributed by atoms with E-state index in [2.05, 4.69) is 29.6 Å². The van der Waals surface area contributed by atoms with Crippen molar-refractivity contribution in [3.05, 3.63) is 89.3 Å². The maximum atomic E-state index is 13.7. The van der Waals surface area contributed by atoms with Crippen LogP contribution in [0.5, 0.6) is 0 Å². The fourth-order valence-corrected chi connectivity index (χ4v) is 6.31. The summed E-state index contributed by atoms with van der Waals surface area (Å²) in [7, 11) is 3.14. The smallest absolute Gasteiger partial charge is 0.409 e. The molecule has 3 atom stereocenters. The van der Waals surface area contributed by atoms with Crippen LogP contribution in [0.2, 0.25) is 0 Å². The van der Waals surface area contributed by atoms with E-state index in [4.69, 9.17) is 14.6 Å². The zero-order valence-electron chi connectivity index (χ0n) is 24.2. The summed E-state index contributed by atoms with van der Waals surface area (Å²) in [6.45, 7) is 3.82. The molecule has 2 amide bonds. The number of hydrogen-bond acceptors (Lipinski definition) is 5. The number of nitrogens with one attached hydrogen (secondary N) is 1. The van der Waals surface area contributed by atoms with Gasteiger partial charge in [-0.3, -0.25) is 4.79 Å². The molecular formula is C33H40N4O4. The Morgan fingerprint density at radius 1 is 1.02 bits per heavy atom. The van der Waals surface area contributed by atoms with E-state index in [0.717, 1.165) is 54.1 Å². The molecule has 5 rings (SSSR count). The fraction of sp³-hybridized carbons (Fsp3) is 0.424. The molecule has 1 aliphatic carbocycles. The second kappa shape index (κ2) is 13.2. The summed E-state index contributed by atoms with van der Waals surface area (Å²) in [4.78, 5) is 27.3. The van der Waals surface area contributed by atoms with Crippen LogP contribution in [0, 0.1) is 12.8 Å². The summed E-state index contributed by atoms with van der Waals surface area (Å²) in [6.07, 6.45) is 5.61. The van der Waals surface area contributed by atoms with Crippen LogP contribution < -0.4 is 5.32 Å². The molecule has 0 unspecified atom stereocenters. The van der Waals surface area contributed by atoms with Crippen molar-refractivity contribution in [3.8, 4) is 5.69 Å². The van der Waals surface area contributed by atoms with Crippen molar-refractivity contribution in [2.75, 3.05) is 33.9 Å². The highest BCUT2D eigenvalue weighted by atomic mass is 16.5. The summed E-state index contributed by atoms with van der Waals surface area (Å²) in [5.74, 6) is 0.795. The van der Waals surface area contributed by atoms with E-state index in [1.54, 1.807) is 12.0 Å². The van der Waals surface area contributed by atoms with Gasteiger partial charge in [-0.2, -0.15) is 5.10 Å². The Kier molecular flexibility index (Phi) is 9.19. The number of amides is 2. The molecule has 41 heavy (non-hydrogen) atoms. The first-order valence-corrected chi connectivity index (χ1v) is 14.5. The molecule has 1 aromatic heterocycles. The first-order chi connectivity index (χ1) is 20.0. The number of ether oxygens (including phenoxy) is 2. The Morgan fingerprint density at radius 2 is 1.76 bits per heavy atom. The van der Waals surface area contributed by atoms with Crippen LogP contribution in [-0.4, -0.2) is 66.6 Å². The molecule has 0 radical (unpaired) electrons. The van der Waals surface area contributed by atoms with Gasteiger partial charge in [0.15, 0.2) is 0 Å². The number of para-hydroxylation sites is 1. The van der Waals surface area contributed by atoms with Crippen LogP contribution in [0.1, 0.15) is 54.1 Å². The number of nitrogens with zero attached hydrogens (tertiary/aromatic N) is 3. The van der Waals surface area contributed by atoms with Crippen molar-refractivity contribution in [1.29, 1.82) is 0 Å². The standard InChI is InChI=1S/C33H40N4O4/c1-23-30(22-31(38)34-29-21-24(16-19-40-2)20-28(29)25-10-6-4-7-11-25)37(27-12-8-5-9-13-27)35-32(23)26-14-17-36(18-15-26)33(39)41-3/h4-14,24,28-29H,15-22H2,1-3H3,(H,34,38)/t24-,28-,29+/m0/s1. The zero-order chi connectivity index (χ0) is 28.8. The van der Waals surface area contributed by atoms with E-state index in [1.165, 1.54) is 12.7 Å². The minimum atomic E-state index is -0.325. The molecule has 2 aromatic carbocycles. The average molecular weight is 557 g/mol. The van der Waals surface area contributed by atoms with E-state index in [1.807, 2.05) is 54.1 Å². The molecule has 0 bridgehead atoms. The zero-order valence-corrected chi connectivity index (χ0v) is 24.2. The van der Waals surface area contributed by atoms with Crippen LogP contribution in [0.25, 0.3) is 11.3 Å². The summed E-state index contributed by atoms with van der Waals surface area (Å²) in [5, 5.41) is 8.41. The maximum absolute atomic E-state index is 13.7. The van der Waals surface area contributed by atoms with Gasteiger partial charge in [0, 0.05) is 38.8 Å². The molecule has 216 valence electrons. The number of methoxy groups -OCH3 is 2. The van der Waals surface area contributed by atoms with Gasteiger partial charge in [0.25, 0.3) is 0 Å². The quantitative estimate of drug-likeness (QED) is 0.387. The molecule has 8 nitrogen and oxygen atoms in total. The lowest BCUT2D eigenvalue weighted by Crippen LogP contribution is -2.38. The first-order valence-electron chi connectivity index (χ1n) is 14.5. The number of benzene rings is 2. The summed E-state index contributed by atoms with van der Waals surface area (Å²) in [6, 6.07) is 20.5. The van der Waals surface area contributed by atoms with Crippen molar-refractivity contribution < 1.29 is 19.1 Å². The van der Waals surface area contributed by atoms with E-state index >= 15 is 0 Å². The van der Waals surface area contributed by atoms with Crippen LogP contribution in [-0.2, 0) is 20.7 Å². The van der Waals surface area contributed by atoms with Gasteiger partial charge < -0.3 is 19.7 Å². The van der Waals surface area contributed by atoms with Gasteiger partial charge in [-0.25, -0.2) is 9.48 Å². The van der Waals surface area contributed by atoms with E-state index < -0.39 is 0 Å². The van der Waals surface area contributed by atoms with Gasteiger partial charge in [-0.1, -0.05) is 54.6 Å². The Labute approximate surface area is 242 Å². The van der Waals surface area contributed by atoms with Crippen LogP contribution in [0.4, 0.5) is 4.79 Å². The molecule has 0 saturated heterocycles. The summed E-state index contributed by atoms with van der Waals surface area (Å²) >= 11 is 0. The molecule has 0 spiro atoms. The lowest BCUT2D eigenvalue weighted by Gasteiger charge is -2.24. The summed E-state index contributed by atoms with van der Waals surface area (Å²) < 4.78 is 12.1.